The molecule has 1 aromatic rings. The van der Waals surface area contributed by atoms with E-state index in [-0.39, 0.29) is 12.5 Å². The van der Waals surface area contributed by atoms with E-state index in [4.69, 9.17) is 9.31 Å². The van der Waals surface area contributed by atoms with Crippen LogP contribution in [-0.4, -0.2) is 35.9 Å². The van der Waals surface area contributed by atoms with Gasteiger partial charge in [-0.3, -0.25) is 4.79 Å². The van der Waals surface area contributed by atoms with Crippen molar-refractivity contribution in [1.82, 2.24) is 0 Å². The number of carbonyl (C=O) groups excluding carboxylic acids is 1. The summed E-state index contributed by atoms with van der Waals surface area (Å²) in [5, 5.41) is 12.4. The predicted molar refractivity (Wildman–Crippen MR) is 91.9 cm³/mol. The summed E-state index contributed by atoms with van der Waals surface area (Å²) in [4.78, 5) is 11.1. The van der Waals surface area contributed by atoms with Crippen molar-refractivity contribution >= 4 is 24.8 Å². The van der Waals surface area contributed by atoms with E-state index in [9.17, 15) is 9.90 Å². The Morgan fingerprint density at radius 3 is 2.39 bits per heavy atom. The molecule has 0 bridgehead atoms. The van der Waals surface area contributed by atoms with E-state index in [0.29, 0.717) is 11.2 Å². The largest absolute Gasteiger partial charge is 0.492 e. The molecule has 124 valence electrons. The molecule has 1 fully saturated rings. The van der Waals surface area contributed by atoms with Crippen molar-refractivity contribution in [1.29, 1.82) is 0 Å². The lowest BCUT2D eigenvalue weighted by Crippen LogP contribution is -2.41. The second-order valence-corrected chi connectivity index (χ2v) is 6.77. The van der Waals surface area contributed by atoms with Crippen LogP contribution < -0.4 is 5.32 Å². The van der Waals surface area contributed by atoms with E-state index in [0.717, 1.165) is 5.56 Å². The van der Waals surface area contributed by atoms with Crippen LogP contribution in [0.25, 0.3) is 6.08 Å². The van der Waals surface area contributed by atoms with E-state index in [1.54, 1.807) is 0 Å². The van der Waals surface area contributed by atoms with Crippen molar-refractivity contribution in [2.24, 2.45) is 0 Å². The molecule has 6 heteroatoms. The lowest BCUT2D eigenvalue weighted by molar-refractivity contribution is -0.114. The van der Waals surface area contributed by atoms with E-state index in [1.165, 1.54) is 6.92 Å². The van der Waals surface area contributed by atoms with Gasteiger partial charge in [0.25, 0.3) is 0 Å². The van der Waals surface area contributed by atoms with Crippen LogP contribution >= 0.6 is 0 Å². The van der Waals surface area contributed by atoms with Gasteiger partial charge in [0.2, 0.25) is 5.91 Å². The Balaban J connectivity index is 2.25. The van der Waals surface area contributed by atoms with Gasteiger partial charge < -0.3 is 19.7 Å². The molecule has 0 atom stereocenters. The Labute approximate surface area is 137 Å². The molecule has 5 nitrogen and oxygen atoms in total. The number of amides is 1. The van der Waals surface area contributed by atoms with E-state index >= 15 is 0 Å². The highest BCUT2D eigenvalue weighted by molar-refractivity contribution is 6.55. The normalized spacial score (nSPS) is 19.7. The van der Waals surface area contributed by atoms with Crippen LogP contribution in [0.3, 0.4) is 0 Å². The standard InChI is InChI=1S/C17H24BNO4/c1-12(21)19-15-8-6-7-13(10-15)9-14(11-20)18-22-16(2,3)17(4,5)23-18/h6-10,20H,11H2,1-5H3,(H,19,21). The Bertz CT molecular complexity index is 609. The van der Waals surface area contributed by atoms with Crippen molar-refractivity contribution in [3.05, 3.63) is 35.3 Å². The maximum Gasteiger partial charge on any atom is 0.492 e. The Kier molecular flexibility index (Phi) is 4.99. The predicted octanol–water partition coefficient (Wildman–Crippen LogP) is 2.65. The molecule has 1 saturated heterocycles. The first-order valence-corrected chi connectivity index (χ1v) is 7.69. The van der Waals surface area contributed by atoms with Crippen LogP contribution in [0.2, 0.25) is 0 Å². The molecule has 1 aliphatic heterocycles. The lowest BCUT2D eigenvalue weighted by atomic mass is 9.77. The summed E-state index contributed by atoms with van der Waals surface area (Å²) < 4.78 is 11.9. The van der Waals surface area contributed by atoms with Crippen molar-refractivity contribution in [2.75, 3.05) is 11.9 Å². The van der Waals surface area contributed by atoms with Crippen LogP contribution in [-0.2, 0) is 14.1 Å². The van der Waals surface area contributed by atoms with Gasteiger partial charge in [-0.1, -0.05) is 18.2 Å². The number of aliphatic hydroxyl groups excluding tert-OH is 1. The molecule has 23 heavy (non-hydrogen) atoms. The Morgan fingerprint density at radius 1 is 1.26 bits per heavy atom. The van der Waals surface area contributed by atoms with Gasteiger partial charge in [-0.2, -0.15) is 0 Å². The second kappa shape index (κ2) is 6.47. The first-order chi connectivity index (χ1) is 10.6. The maximum absolute atomic E-state index is 11.1. The number of aliphatic hydroxyl groups is 1. The topological polar surface area (TPSA) is 67.8 Å². The van der Waals surface area contributed by atoms with Crippen LogP contribution in [0, 0.1) is 0 Å². The number of carbonyl (C=O) groups is 1. The number of anilines is 1. The monoisotopic (exact) mass is 317 g/mol. The van der Waals surface area contributed by atoms with Gasteiger partial charge in [0.15, 0.2) is 0 Å². The number of hydrogen-bond donors (Lipinski definition) is 2. The first-order valence-electron chi connectivity index (χ1n) is 7.69. The quantitative estimate of drug-likeness (QED) is 0.838. The third-order valence-electron chi connectivity index (χ3n) is 4.30. The first kappa shape index (κ1) is 17.7. The summed E-state index contributed by atoms with van der Waals surface area (Å²) >= 11 is 0. The molecule has 0 radical (unpaired) electrons. The minimum Gasteiger partial charge on any atom is -0.400 e. The van der Waals surface area contributed by atoms with Gasteiger partial charge in [0.1, 0.15) is 0 Å². The molecule has 0 aliphatic carbocycles. The van der Waals surface area contributed by atoms with Crippen molar-refractivity contribution in [3.8, 4) is 0 Å². The van der Waals surface area contributed by atoms with Crippen LogP contribution in [0.5, 0.6) is 0 Å². The van der Waals surface area contributed by atoms with Gasteiger partial charge in [0, 0.05) is 12.6 Å². The molecule has 0 aromatic heterocycles. The number of benzene rings is 1. The summed E-state index contributed by atoms with van der Waals surface area (Å²) in [6.45, 7) is 9.19. The zero-order valence-corrected chi connectivity index (χ0v) is 14.3. The summed E-state index contributed by atoms with van der Waals surface area (Å²) in [5.74, 6) is -0.125. The molecule has 1 aliphatic rings. The fourth-order valence-corrected chi connectivity index (χ4v) is 2.31. The molecule has 2 rings (SSSR count). The second-order valence-electron chi connectivity index (χ2n) is 6.77. The fourth-order valence-electron chi connectivity index (χ4n) is 2.31. The molecule has 1 aromatic carbocycles. The molecule has 2 N–H and O–H groups in total. The van der Waals surface area contributed by atoms with Gasteiger partial charge >= 0.3 is 7.12 Å². The smallest absolute Gasteiger partial charge is 0.400 e. The van der Waals surface area contributed by atoms with Crippen LogP contribution in [0.4, 0.5) is 5.69 Å². The highest BCUT2D eigenvalue weighted by atomic mass is 16.7. The SMILES string of the molecule is CC(=O)Nc1cccc(C=C(CO)B2OC(C)(C)C(C)(C)O2)c1. The minimum absolute atomic E-state index is 0.125. The number of hydrogen-bond acceptors (Lipinski definition) is 4. The van der Waals surface area contributed by atoms with E-state index < -0.39 is 18.3 Å². The van der Waals surface area contributed by atoms with Gasteiger partial charge in [-0.05, 0) is 50.9 Å². The lowest BCUT2D eigenvalue weighted by Gasteiger charge is -2.32. The highest BCUT2D eigenvalue weighted by Gasteiger charge is 2.52. The van der Waals surface area contributed by atoms with Gasteiger partial charge in [0.05, 0.1) is 17.8 Å². The molecule has 1 amide bonds. The van der Waals surface area contributed by atoms with Gasteiger partial charge in [-0.15, -0.1) is 0 Å². The molecule has 0 saturated carbocycles. The van der Waals surface area contributed by atoms with E-state index in [2.05, 4.69) is 5.32 Å². The van der Waals surface area contributed by atoms with Crippen molar-refractivity contribution in [2.45, 2.75) is 45.8 Å². The van der Waals surface area contributed by atoms with Crippen LogP contribution in [0.15, 0.2) is 29.7 Å². The molecular weight excluding hydrogens is 293 g/mol. The Morgan fingerprint density at radius 2 is 1.87 bits per heavy atom. The van der Waals surface area contributed by atoms with Crippen molar-refractivity contribution < 1.29 is 19.2 Å². The summed E-state index contributed by atoms with van der Waals surface area (Å²) in [6, 6.07) is 7.39. The highest BCUT2D eigenvalue weighted by Crippen LogP contribution is 2.38. The summed E-state index contributed by atoms with van der Waals surface area (Å²) in [7, 11) is -0.588. The van der Waals surface area contributed by atoms with Crippen molar-refractivity contribution in [3.63, 3.8) is 0 Å². The van der Waals surface area contributed by atoms with E-state index in [1.807, 2.05) is 58.0 Å². The third kappa shape index (κ3) is 4.02. The fraction of sp³-hybridized carbons (Fsp3) is 0.471. The molecule has 1 heterocycles. The molecule has 0 spiro atoms. The third-order valence-corrected chi connectivity index (χ3v) is 4.30. The molecular formula is C17H24BNO4. The summed E-state index contributed by atoms with van der Waals surface area (Å²) in [5.41, 5.74) is 1.30. The van der Waals surface area contributed by atoms with Crippen LogP contribution in [0.1, 0.15) is 40.2 Å². The average Bonchev–Trinajstić information content (AvgIpc) is 2.64. The molecule has 0 unspecified atom stereocenters. The van der Waals surface area contributed by atoms with Gasteiger partial charge in [-0.25, -0.2) is 0 Å². The Hall–Kier alpha value is -1.63. The average molecular weight is 317 g/mol. The number of nitrogens with one attached hydrogen (secondary N) is 1. The maximum atomic E-state index is 11.1. The summed E-state index contributed by atoms with van der Waals surface area (Å²) in [6.07, 6.45) is 1.83. The zero-order valence-electron chi connectivity index (χ0n) is 14.3. The number of rotatable bonds is 4. The zero-order chi connectivity index (χ0) is 17.3. The minimum atomic E-state index is -0.588.